The van der Waals surface area contributed by atoms with Gasteiger partial charge in [0, 0.05) is 22.7 Å². The van der Waals surface area contributed by atoms with Crippen molar-refractivity contribution in [3.63, 3.8) is 0 Å². The lowest BCUT2D eigenvalue weighted by Gasteiger charge is -2.08. The van der Waals surface area contributed by atoms with E-state index >= 15 is 0 Å². The number of hydrogen-bond donors (Lipinski definition) is 1. The van der Waals surface area contributed by atoms with Gasteiger partial charge in [0.15, 0.2) is 0 Å². The lowest BCUT2D eigenvalue weighted by atomic mass is 10.0. The summed E-state index contributed by atoms with van der Waals surface area (Å²) < 4.78 is 13.5. The quantitative estimate of drug-likeness (QED) is 0.790. The molecule has 2 aromatic rings. The maximum atomic E-state index is 13.5. The van der Waals surface area contributed by atoms with Gasteiger partial charge in [0.05, 0.1) is 0 Å². The number of hydrogen-bond acceptors (Lipinski definition) is 1. The Morgan fingerprint density at radius 3 is 2.50 bits per heavy atom. The van der Waals surface area contributed by atoms with Crippen molar-refractivity contribution in [2.45, 2.75) is 6.42 Å². The summed E-state index contributed by atoms with van der Waals surface area (Å²) in [5.74, 6) is -0.292. The number of halogens is 2. The van der Waals surface area contributed by atoms with Crippen molar-refractivity contribution in [1.82, 2.24) is 0 Å². The molecule has 0 amide bonds. The summed E-state index contributed by atoms with van der Waals surface area (Å²) in [6.07, 6.45) is 0.415. The molecule has 2 aromatic carbocycles. The molecule has 0 aromatic heterocycles. The van der Waals surface area contributed by atoms with Crippen LogP contribution < -0.4 is 5.73 Å². The van der Waals surface area contributed by atoms with Crippen molar-refractivity contribution in [2.75, 3.05) is 5.73 Å². The van der Waals surface area contributed by atoms with E-state index in [1.165, 1.54) is 6.07 Å². The minimum atomic E-state index is -0.292. The molecule has 2 N–H and O–H groups in total. The standard InChI is InChI=1S/C13H11ClFN/c14-11-5-2-1-4-9(11)8-10-12(15)6-3-7-13(10)16/h1-7H,8,16H2. The summed E-state index contributed by atoms with van der Waals surface area (Å²) in [5.41, 5.74) is 7.57. The number of rotatable bonds is 2. The summed E-state index contributed by atoms with van der Waals surface area (Å²) in [5, 5.41) is 0.630. The van der Waals surface area contributed by atoms with Gasteiger partial charge in [0.2, 0.25) is 0 Å². The molecule has 3 heteroatoms. The van der Waals surface area contributed by atoms with E-state index in [0.717, 1.165) is 5.56 Å². The Balaban J connectivity index is 2.38. The Morgan fingerprint density at radius 1 is 1.06 bits per heavy atom. The molecule has 0 radical (unpaired) electrons. The molecule has 0 aliphatic carbocycles. The molecule has 1 nitrogen and oxygen atoms in total. The van der Waals surface area contributed by atoms with E-state index in [9.17, 15) is 4.39 Å². The van der Waals surface area contributed by atoms with Gasteiger partial charge in [-0.25, -0.2) is 4.39 Å². The van der Waals surface area contributed by atoms with Crippen LogP contribution in [-0.4, -0.2) is 0 Å². The number of anilines is 1. The van der Waals surface area contributed by atoms with Crippen LogP contribution in [0.4, 0.5) is 10.1 Å². The van der Waals surface area contributed by atoms with Gasteiger partial charge < -0.3 is 5.73 Å². The highest BCUT2D eigenvalue weighted by Crippen LogP contribution is 2.23. The Morgan fingerprint density at radius 2 is 1.81 bits per heavy atom. The molecule has 0 saturated carbocycles. The van der Waals surface area contributed by atoms with Crippen LogP contribution in [0.1, 0.15) is 11.1 Å². The Labute approximate surface area is 98.7 Å². The van der Waals surface area contributed by atoms with Crippen molar-refractivity contribution in [2.24, 2.45) is 0 Å². The molecular formula is C13H11ClFN. The summed E-state index contributed by atoms with van der Waals surface area (Å²) in [7, 11) is 0. The van der Waals surface area contributed by atoms with E-state index in [0.29, 0.717) is 22.7 Å². The fourth-order valence-electron chi connectivity index (χ4n) is 1.59. The fraction of sp³-hybridized carbons (Fsp3) is 0.0769. The first kappa shape index (κ1) is 11.0. The van der Waals surface area contributed by atoms with Crippen LogP contribution in [-0.2, 0) is 6.42 Å². The van der Waals surface area contributed by atoms with E-state index in [1.807, 2.05) is 18.2 Å². The summed E-state index contributed by atoms with van der Waals surface area (Å²) in [6, 6.07) is 12.1. The summed E-state index contributed by atoms with van der Waals surface area (Å²) in [4.78, 5) is 0. The van der Waals surface area contributed by atoms with Gasteiger partial charge >= 0.3 is 0 Å². The third-order valence-corrected chi connectivity index (χ3v) is 2.85. The highest BCUT2D eigenvalue weighted by molar-refractivity contribution is 6.31. The monoisotopic (exact) mass is 235 g/mol. The van der Waals surface area contributed by atoms with Gasteiger partial charge in [-0.3, -0.25) is 0 Å². The van der Waals surface area contributed by atoms with Crippen molar-refractivity contribution in [3.8, 4) is 0 Å². The van der Waals surface area contributed by atoms with Crippen LogP contribution in [0.25, 0.3) is 0 Å². The van der Waals surface area contributed by atoms with E-state index < -0.39 is 0 Å². The Kier molecular flexibility index (Phi) is 3.11. The summed E-state index contributed by atoms with van der Waals surface area (Å²) >= 11 is 6.02. The Bertz CT molecular complexity index is 491. The molecule has 0 aliphatic heterocycles. The van der Waals surface area contributed by atoms with Crippen molar-refractivity contribution in [1.29, 1.82) is 0 Å². The smallest absolute Gasteiger partial charge is 0.128 e. The number of nitrogens with two attached hydrogens (primary N) is 1. The average Bonchev–Trinajstić information content (AvgIpc) is 2.26. The molecule has 0 fully saturated rings. The zero-order valence-corrected chi connectivity index (χ0v) is 9.34. The molecule has 0 heterocycles. The molecule has 0 saturated heterocycles. The predicted octanol–water partition coefficient (Wildman–Crippen LogP) is 3.65. The zero-order valence-electron chi connectivity index (χ0n) is 8.58. The van der Waals surface area contributed by atoms with Crippen LogP contribution in [0.15, 0.2) is 42.5 Å². The molecule has 16 heavy (non-hydrogen) atoms. The van der Waals surface area contributed by atoms with Crippen LogP contribution in [0, 0.1) is 5.82 Å². The molecule has 2 rings (SSSR count). The van der Waals surface area contributed by atoms with Gasteiger partial charge in [0.1, 0.15) is 5.82 Å². The first-order valence-electron chi connectivity index (χ1n) is 4.95. The zero-order chi connectivity index (χ0) is 11.5. The Hall–Kier alpha value is -1.54. The van der Waals surface area contributed by atoms with E-state index in [1.54, 1.807) is 18.2 Å². The minimum absolute atomic E-state index is 0.292. The van der Waals surface area contributed by atoms with Gasteiger partial charge in [0.25, 0.3) is 0 Å². The molecular weight excluding hydrogens is 225 g/mol. The van der Waals surface area contributed by atoms with Gasteiger partial charge in [-0.05, 0) is 23.8 Å². The minimum Gasteiger partial charge on any atom is -0.398 e. The van der Waals surface area contributed by atoms with Crippen molar-refractivity contribution in [3.05, 3.63) is 64.4 Å². The molecule has 0 unspecified atom stereocenters. The highest BCUT2D eigenvalue weighted by atomic mass is 35.5. The molecule has 0 atom stereocenters. The second kappa shape index (κ2) is 4.54. The van der Waals surface area contributed by atoms with Gasteiger partial charge in [-0.1, -0.05) is 35.9 Å². The number of benzene rings is 2. The SMILES string of the molecule is Nc1cccc(F)c1Cc1ccccc1Cl. The molecule has 82 valence electrons. The third kappa shape index (κ3) is 2.17. The van der Waals surface area contributed by atoms with E-state index in [-0.39, 0.29) is 5.82 Å². The lowest BCUT2D eigenvalue weighted by molar-refractivity contribution is 0.615. The summed E-state index contributed by atoms with van der Waals surface area (Å²) in [6.45, 7) is 0. The molecule has 0 spiro atoms. The van der Waals surface area contributed by atoms with E-state index in [4.69, 9.17) is 17.3 Å². The van der Waals surface area contributed by atoms with Crippen LogP contribution in [0.3, 0.4) is 0 Å². The number of nitrogen functional groups attached to an aromatic ring is 1. The second-order valence-corrected chi connectivity index (χ2v) is 3.98. The third-order valence-electron chi connectivity index (χ3n) is 2.48. The largest absolute Gasteiger partial charge is 0.398 e. The van der Waals surface area contributed by atoms with Gasteiger partial charge in [-0.2, -0.15) is 0 Å². The average molecular weight is 236 g/mol. The molecule has 0 aliphatic rings. The van der Waals surface area contributed by atoms with Crippen molar-refractivity contribution >= 4 is 17.3 Å². The highest BCUT2D eigenvalue weighted by Gasteiger charge is 2.08. The second-order valence-electron chi connectivity index (χ2n) is 3.58. The molecule has 0 bridgehead atoms. The maximum absolute atomic E-state index is 13.5. The van der Waals surface area contributed by atoms with Crippen molar-refractivity contribution < 1.29 is 4.39 Å². The lowest BCUT2D eigenvalue weighted by Crippen LogP contribution is -1.99. The normalized spacial score (nSPS) is 10.4. The topological polar surface area (TPSA) is 26.0 Å². The van der Waals surface area contributed by atoms with Gasteiger partial charge in [-0.15, -0.1) is 0 Å². The first-order chi connectivity index (χ1) is 7.68. The van der Waals surface area contributed by atoms with Crippen LogP contribution in [0.5, 0.6) is 0 Å². The van der Waals surface area contributed by atoms with E-state index in [2.05, 4.69) is 0 Å². The van der Waals surface area contributed by atoms with Crippen LogP contribution >= 0.6 is 11.6 Å². The maximum Gasteiger partial charge on any atom is 0.128 e. The fourth-order valence-corrected chi connectivity index (χ4v) is 1.80. The predicted molar refractivity (Wildman–Crippen MR) is 65.1 cm³/mol. The van der Waals surface area contributed by atoms with Crippen LogP contribution in [0.2, 0.25) is 5.02 Å². The first-order valence-corrected chi connectivity index (χ1v) is 5.32.